The van der Waals surface area contributed by atoms with E-state index in [1.54, 1.807) is 6.92 Å². The van der Waals surface area contributed by atoms with Gasteiger partial charge in [0.1, 0.15) is 0 Å². The van der Waals surface area contributed by atoms with Crippen molar-refractivity contribution in [2.45, 2.75) is 20.0 Å². The van der Waals surface area contributed by atoms with Crippen molar-refractivity contribution in [3.8, 4) is 11.4 Å². The molecule has 0 atom stereocenters. The molecule has 0 amide bonds. The van der Waals surface area contributed by atoms with Crippen LogP contribution in [0.25, 0.3) is 11.4 Å². The zero-order valence-electron chi connectivity index (χ0n) is 10.1. The summed E-state index contributed by atoms with van der Waals surface area (Å²) in [4.78, 5) is 0. The molecular weight excluding hydrogens is 212 g/mol. The van der Waals surface area contributed by atoms with E-state index in [0.717, 1.165) is 13.1 Å². The Morgan fingerprint density at radius 2 is 1.35 bits per heavy atom. The molecule has 1 aliphatic heterocycles. The van der Waals surface area contributed by atoms with Gasteiger partial charge in [-0.1, -0.05) is 0 Å². The first kappa shape index (κ1) is 11.7. The van der Waals surface area contributed by atoms with Crippen LogP contribution in [-0.4, -0.2) is 11.7 Å². The van der Waals surface area contributed by atoms with Crippen LogP contribution in [0.3, 0.4) is 0 Å². The number of hydrogen-bond donors (Lipinski definition) is 1. The summed E-state index contributed by atoms with van der Waals surface area (Å²) in [6.45, 7) is 4.07. The first-order chi connectivity index (χ1) is 8.36. The summed E-state index contributed by atoms with van der Waals surface area (Å²) in [7, 11) is 0. The highest BCUT2D eigenvalue weighted by molar-refractivity contribution is 5.46. The number of aliphatic hydroxyl groups is 1. The molecule has 0 saturated carbocycles. The molecule has 3 nitrogen and oxygen atoms in total. The topological polar surface area (TPSA) is 28.0 Å². The van der Waals surface area contributed by atoms with Crippen LogP contribution < -0.4 is 9.13 Å². The van der Waals surface area contributed by atoms with E-state index in [9.17, 15) is 0 Å². The van der Waals surface area contributed by atoms with Gasteiger partial charge < -0.3 is 5.11 Å². The minimum Gasteiger partial charge on any atom is -0.397 e. The third-order valence-corrected chi connectivity index (χ3v) is 2.73. The molecule has 1 aliphatic rings. The van der Waals surface area contributed by atoms with E-state index in [-0.39, 0.29) is 6.61 Å². The summed E-state index contributed by atoms with van der Waals surface area (Å²) in [5.41, 5.74) is 2.61. The average molecular weight is 230 g/mol. The molecule has 0 aromatic carbocycles. The van der Waals surface area contributed by atoms with Crippen LogP contribution in [0.15, 0.2) is 48.8 Å². The summed E-state index contributed by atoms with van der Waals surface area (Å²) in [5, 5.41) is 7.57. The Hall–Kier alpha value is -1.74. The summed E-state index contributed by atoms with van der Waals surface area (Å²) < 4.78 is 4.60. The van der Waals surface area contributed by atoms with Crippen molar-refractivity contribution in [1.29, 1.82) is 0 Å². The Labute approximate surface area is 102 Å². The highest BCUT2D eigenvalue weighted by Crippen LogP contribution is 2.11. The molecule has 1 N–H and O–H groups in total. The van der Waals surface area contributed by atoms with E-state index in [2.05, 4.69) is 57.9 Å². The van der Waals surface area contributed by atoms with Gasteiger partial charge in [0, 0.05) is 30.9 Å². The molecule has 0 radical (unpaired) electrons. The average Bonchev–Trinajstić information content (AvgIpc) is 2.40. The molecule has 88 valence electrons. The van der Waals surface area contributed by atoms with E-state index < -0.39 is 0 Å². The quantitative estimate of drug-likeness (QED) is 0.670. The fraction of sp³-hybridized carbons (Fsp3) is 0.286. The molecule has 3 rings (SSSR count). The van der Waals surface area contributed by atoms with Gasteiger partial charge in [0.25, 0.3) is 11.4 Å². The monoisotopic (exact) mass is 230 g/mol. The van der Waals surface area contributed by atoms with Gasteiger partial charge in [-0.15, -0.1) is 0 Å². The lowest BCUT2D eigenvalue weighted by Gasteiger charge is -2.08. The number of fused-ring (bicyclic) bond motifs is 3. The van der Waals surface area contributed by atoms with Gasteiger partial charge in [0.2, 0.25) is 13.1 Å². The van der Waals surface area contributed by atoms with Crippen LogP contribution in [-0.2, 0) is 13.1 Å². The number of aromatic nitrogens is 2. The molecule has 0 spiro atoms. The second-order valence-electron chi connectivity index (χ2n) is 3.87. The highest BCUT2D eigenvalue weighted by atomic mass is 16.2. The van der Waals surface area contributed by atoms with Gasteiger partial charge in [-0.3, -0.25) is 0 Å². The first-order valence-electron chi connectivity index (χ1n) is 5.95. The molecule has 17 heavy (non-hydrogen) atoms. The van der Waals surface area contributed by atoms with Crippen molar-refractivity contribution in [2.75, 3.05) is 6.61 Å². The molecule has 0 fully saturated rings. The molecule has 2 aromatic rings. The van der Waals surface area contributed by atoms with Crippen molar-refractivity contribution in [1.82, 2.24) is 0 Å². The molecule has 0 aliphatic carbocycles. The number of nitrogens with zero attached hydrogens (tertiary/aromatic N) is 2. The van der Waals surface area contributed by atoms with Crippen LogP contribution in [0.5, 0.6) is 0 Å². The zero-order valence-corrected chi connectivity index (χ0v) is 10.1. The Morgan fingerprint density at radius 3 is 1.76 bits per heavy atom. The standard InChI is InChI=1S/C12H12N2.C2H6O/c1-3-7-13-9-10-14-8-4-2-6-12(14)11(13)5-1;1-2-3/h1-8H,9-10H2;3H,2H2,1H3/q+2;. The van der Waals surface area contributed by atoms with Crippen LogP contribution in [0, 0.1) is 0 Å². The highest BCUT2D eigenvalue weighted by Gasteiger charge is 2.27. The Balaban J connectivity index is 0.000000329. The van der Waals surface area contributed by atoms with Crippen molar-refractivity contribution in [2.24, 2.45) is 0 Å². The summed E-state index contributed by atoms with van der Waals surface area (Å²) >= 11 is 0. The molecule has 3 heterocycles. The fourth-order valence-corrected chi connectivity index (χ4v) is 2.02. The van der Waals surface area contributed by atoms with Gasteiger partial charge in [0.15, 0.2) is 12.4 Å². The Kier molecular flexibility index (Phi) is 3.83. The smallest absolute Gasteiger partial charge is 0.277 e. The minimum atomic E-state index is 0.250. The SMILES string of the molecule is CCO.c1cc[n+]2c(c1)-c1cccc[n+]1CC2. The zero-order chi connectivity index (χ0) is 12.1. The van der Waals surface area contributed by atoms with E-state index in [1.165, 1.54) is 11.4 Å². The van der Waals surface area contributed by atoms with Crippen LogP contribution in [0.4, 0.5) is 0 Å². The molecule has 0 unspecified atom stereocenters. The molecular formula is C14H18N2O+2. The number of hydrogen-bond acceptors (Lipinski definition) is 1. The van der Waals surface area contributed by atoms with Crippen molar-refractivity contribution in [3.05, 3.63) is 48.8 Å². The third-order valence-electron chi connectivity index (χ3n) is 2.73. The second kappa shape index (κ2) is 5.55. The van der Waals surface area contributed by atoms with Gasteiger partial charge >= 0.3 is 0 Å². The van der Waals surface area contributed by atoms with Crippen LogP contribution in [0.1, 0.15) is 6.92 Å². The van der Waals surface area contributed by atoms with Gasteiger partial charge in [0.05, 0.1) is 0 Å². The van der Waals surface area contributed by atoms with E-state index in [0.29, 0.717) is 0 Å². The first-order valence-corrected chi connectivity index (χ1v) is 5.95. The Morgan fingerprint density at radius 1 is 0.941 bits per heavy atom. The van der Waals surface area contributed by atoms with Gasteiger partial charge in [-0.25, -0.2) is 0 Å². The fourth-order valence-electron chi connectivity index (χ4n) is 2.02. The number of aliphatic hydroxyl groups excluding tert-OH is 1. The normalized spacial score (nSPS) is 11.9. The van der Waals surface area contributed by atoms with Crippen molar-refractivity contribution in [3.63, 3.8) is 0 Å². The van der Waals surface area contributed by atoms with E-state index in [1.807, 2.05) is 0 Å². The van der Waals surface area contributed by atoms with Crippen LogP contribution >= 0.6 is 0 Å². The van der Waals surface area contributed by atoms with Crippen LogP contribution in [0.2, 0.25) is 0 Å². The predicted molar refractivity (Wildman–Crippen MR) is 65.0 cm³/mol. The number of pyridine rings is 2. The second-order valence-corrected chi connectivity index (χ2v) is 3.87. The maximum Gasteiger partial charge on any atom is 0.277 e. The molecule has 0 bridgehead atoms. The maximum atomic E-state index is 7.57. The number of rotatable bonds is 0. The molecule has 3 heteroatoms. The maximum absolute atomic E-state index is 7.57. The lowest BCUT2D eigenvalue weighted by molar-refractivity contribution is -0.794. The van der Waals surface area contributed by atoms with Gasteiger partial charge in [-0.2, -0.15) is 9.13 Å². The minimum absolute atomic E-state index is 0.250. The molecule has 0 saturated heterocycles. The van der Waals surface area contributed by atoms with Crippen molar-refractivity contribution < 1.29 is 14.2 Å². The predicted octanol–water partition coefficient (Wildman–Crippen LogP) is 0.941. The molecule has 2 aromatic heterocycles. The lowest BCUT2D eigenvalue weighted by Crippen LogP contribution is -2.52. The third kappa shape index (κ3) is 2.50. The number of aryl methyl sites for hydroxylation is 2. The summed E-state index contributed by atoms with van der Waals surface area (Å²) in [5.74, 6) is 0. The van der Waals surface area contributed by atoms with E-state index in [4.69, 9.17) is 5.11 Å². The van der Waals surface area contributed by atoms with Gasteiger partial charge in [-0.05, 0) is 19.1 Å². The Bertz CT molecular complexity index is 452. The summed E-state index contributed by atoms with van der Waals surface area (Å²) in [6.07, 6.45) is 4.29. The summed E-state index contributed by atoms with van der Waals surface area (Å²) in [6, 6.07) is 12.7. The van der Waals surface area contributed by atoms with E-state index >= 15 is 0 Å². The lowest BCUT2D eigenvalue weighted by atomic mass is 10.2. The largest absolute Gasteiger partial charge is 0.397 e. The van der Waals surface area contributed by atoms with Crippen molar-refractivity contribution >= 4 is 0 Å².